The fourth-order valence-electron chi connectivity index (χ4n) is 1.70. The lowest BCUT2D eigenvalue weighted by Gasteiger charge is -2.08. The molecule has 1 aromatic heterocycles. The van der Waals surface area contributed by atoms with E-state index in [1.807, 2.05) is 13.0 Å². The third kappa shape index (κ3) is 3.31. The number of nitrogens with one attached hydrogen (secondary N) is 1. The standard InChI is InChI=1S/C13H15FN4O/c1-9-4-6-16-18(9)7-5-13(19)17-12-3-2-10(14)8-11(12)15/h2-4,6,8H,5,7,15H2,1H3,(H,17,19). The fourth-order valence-corrected chi connectivity index (χ4v) is 1.70. The van der Waals surface area contributed by atoms with E-state index < -0.39 is 5.82 Å². The van der Waals surface area contributed by atoms with Crippen molar-refractivity contribution in [3.63, 3.8) is 0 Å². The molecule has 0 bridgehead atoms. The molecule has 0 aliphatic rings. The third-order valence-electron chi connectivity index (χ3n) is 2.77. The van der Waals surface area contributed by atoms with E-state index in [-0.39, 0.29) is 18.0 Å². The Kier molecular flexibility index (Phi) is 3.79. The van der Waals surface area contributed by atoms with Gasteiger partial charge in [-0.15, -0.1) is 0 Å². The van der Waals surface area contributed by atoms with Gasteiger partial charge in [0.05, 0.1) is 11.4 Å². The van der Waals surface area contributed by atoms with E-state index in [4.69, 9.17) is 5.73 Å². The second-order valence-corrected chi connectivity index (χ2v) is 4.23. The molecule has 19 heavy (non-hydrogen) atoms. The molecule has 1 aromatic carbocycles. The van der Waals surface area contributed by atoms with Gasteiger partial charge < -0.3 is 11.1 Å². The lowest BCUT2D eigenvalue weighted by Crippen LogP contribution is -2.16. The first-order valence-corrected chi connectivity index (χ1v) is 5.89. The number of nitrogens with two attached hydrogens (primary N) is 1. The predicted octanol–water partition coefficient (Wildman–Crippen LogP) is 1.94. The van der Waals surface area contributed by atoms with Crippen LogP contribution >= 0.6 is 0 Å². The van der Waals surface area contributed by atoms with Crippen molar-refractivity contribution in [3.8, 4) is 0 Å². The van der Waals surface area contributed by atoms with Crippen molar-refractivity contribution >= 4 is 17.3 Å². The van der Waals surface area contributed by atoms with Gasteiger partial charge in [0.25, 0.3) is 0 Å². The molecule has 0 saturated heterocycles. The summed E-state index contributed by atoms with van der Waals surface area (Å²) in [4.78, 5) is 11.8. The van der Waals surface area contributed by atoms with Gasteiger partial charge in [0.2, 0.25) is 5.91 Å². The van der Waals surface area contributed by atoms with Crippen LogP contribution in [0, 0.1) is 12.7 Å². The number of rotatable bonds is 4. The summed E-state index contributed by atoms with van der Waals surface area (Å²) in [6.07, 6.45) is 1.96. The second kappa shape index (κ2) is 5.51. The van der Waals surface area contributed by atoms with Gasteiger partial charge in [-0.3, -0.25) is 9.48 Å². The number of anilines is 2. The Balaban J connectivity index is 1.93. The molecule has 100 valence electrons. The maximum Gasteiger partial charge on any atom is 0.226 e. The van der Waals surface area contributed by atoms with Crippen LogP contribution < -0.4 is 11.1 Å². The number of halogens is 1. The SMILES string of the molecule is Cc1ccnn1CCC(=O)Nc1ccc(F)cc1N. The fraction of sp³-hybridized carbons (Fsp3) is 0.231. The molecule has 2 aromatic rings. The molecule has 0 fully saturated rings. The first-order chi connectivity index (χ1) is 9.06. The minimum absolute atomic E-state index is 0.187. The lowest BCUT2D eigenvalue weighted by molar-refractivity contribution is -0.116. The van der Waals surface area contributed by atoms with Gasteiger partial charge in [0.15, 0.2) is 0 Å². The Morgan fingerprint density at radius 1 is 1.47 bits per heavy atom. The highest BCUT2D eigenvalue weighted by molar-refractivity contribution is 5.93. The number of nitrogen functional groups attached to an aromatic ring is 1. The zero-order valence-electron chi connectivity index (χ0n) is 10.6. The second-order valence-electron chi connectivity index (χ2n) is 4.23. The van der Waals surface area contributed by atoms with E-state index in [2.05, 4.69) is 10.4 Å². The molecular formula is C13H15FN4O. The number of nitrogens with zero attached hydrogens (tertiary/aromatic N) is 2. The number of hydrogen-bond acceptors (Lipinski definition) is 3. The summed E-state index contributed by atoms with van der Waals surface area (Å²) in [5.41, 5.74) is 7.24. The van der Waals surface area contributed by atoms with Crippen LogP contribution in [0.15, 0.2) is 30.5 Å². The summed E-state index contributed by atoms with van der Waals surface area (Å²) in [7, 11) is 0. The molecule has 0 spiro atoms. The molecule has 5 nitrogen and oxygen atoms in total. The molecule has 1 heterocycles. The maximum atomic E-state index is 12.9. The molecular weight excluding hydrogens is 247 g/mol. The predicted molar refractivity (Wildman–Crippen MR) is 71.0 cm³/mol. The van der Waals surface area contributed by atoms with Crippen molar-refractivity contribution in [1.29, 1.82) is 0 Å². The van der Waals surface area contributed by atoms with Crippen molar-refractivity contribution in [2.75, 3.05) is 11.1 Å². The van der Waals surface area contributed by atoms with Crippen LogP contribution in [0.4, 0.5) is 15.8 Å². The number of carbonyl (C=O) groups excluding carboxylic acids is 1. The van der Waals surface area contributed by atoms with Gasteiger partial charge in [-0.25, -0.2) is 4.39 Å². The number of aryl methyl sites for hydroxylation is 2. The minimum atomic E-state index is -0.428. The smallest absolute Gasteiger partial charge is 0.226 e. The van der Waals surface area contributed by atoms with E-state index in [0.717, 1.165) is 5.69 Å². The van der Waals surface area contributed by atoms with Crippen molar-refractivity contribution in [2.45, 2.75) is 19.9 Å². The normalized spacial score (nSPS) is 10.4. The largest absolute Gasteiger partial charge is 0.397 e. The van der Waals surface area contributed by atoms with E-state index >= 15 is 0 Å². The topological polar surface area (TPSA) is 72.9 Å². The van der Waals surface area contributed by atoms with Gasteiger partial charge in [-0.05, 0) is 31.2 Å². The quantitative estimate of drug-likeness (QED) is 0.827. The molecule has 2 rings (SSSR count). The van der Waals surface area contributed by atoms with E-state index in [1.165, 1.54) is 18.2 Å². The van der Waals surface area contributed by atoms with Crippen LogP contribution in [0.25, 0.3) is 0 Å². The van der Waals surface area contributed by atoms with Gasteiger partial charge >= 0.3 is 0 Å². The minimum Gasteiger partial charge on any atom is -0.397 e. The summed E-state index contributed by atoms with van der Waals surface area (Å²) >= 11 is 0. The summed E-state index contributed by atoms with van der Waals surface area (Å²) in [6.45, 7) is 2.41. The number of carbonyl (C=O) groups is 1. The lowest BCUT2D eigenvalue weighted by atomic mass is 10.2. The van der Waals surface area contributed by atoms with Gasteiger partial charge in [0.1, 0.15) is 5.82 Å². The van der Waals surface area contributed by atoms with Crippen LogP contribution in [0.2, 0.25) is 0 Å². The summed E-state index contributed by atoms with van der Waals surface area (Å²) < 4.78 is 14.6. The highest BCUT2D eigenvalue weighted by atomic mass is 19.1. The molecule has 0 unspecified atom stereocenters. The Morgan fingerprint density at radius 3 is 2.89 bits per heavy atom. The third-order valence-corrected chi connectivity index (χ3v) is 2.77. The van der Waals surface area contributed by atoms with E-state index in [9.17, 15) is 9.18 Å². The average Bonchev–Trinajstić information content (AvgIpc) is 2.76. The molecule has 0 atom stereocenters. The summed E-state index contributed by atoms with van der Waals surface area (Å²) in [5.74, 6) is -0.615. The zero-order valence-corrected chi connectivity index (χ0v) is 10.6. The van der Waals surface area contributed by atoms with Crippen molar-refractivity contribution in [1.82, 2.24) is 9.78 Å². The Morgan fingerprint density at radius 2 is 2.26 bits per heavy atom. The van der Waals surface area contributed by atoms with Crippen LogP contribution in [-0.2, 0) is 11.3 Å². The molecule has 0 aliphatic carbocycles. The number of benzene rings is 1. The number of hydrogen-bond donors (Lipinski definition) is 2. The molecule has 0 aliphatic heterocycles. The van der Waals surface area contributed by atoms with Crippen molar-refractivity contribution < 1.29 is 9.18 Å². The van der Waals surface area contributed by atoms with Gasteiger partial charge in [-0.1, -0.05) is 0 Å². The molecule has 6 heteroatoms. The Labute approximate surface area is 110 Å². The highest BCUT2D eigenvalue weighted by Crippen LogP contribution is 2.19. The van der Waals surface area contributed by atoms with Crippen LogP contribution in [0.5, 0.6) is 0 Å². The zero-order chi connectivity index (χ0) is 13.8. The summed E-state index contributed by atoms with van der Waals surface area (Å²) in [5, 5.41) is 6.73. The van der Waals surface area contributed by atoms with E-state index in [0.29, 0.717) is 12.2 Å². The monoisotopic (exact) mass is 262 g/mol. The Bertz CT molecular complexity index is 594. The molecule has 3 N–H and O–H groups in total. The van der Waals surface area contributed by atoms with E-state index in [1.54, 1.807) is 10.9 Å². The van der Waals surface area contributed by atoms with Gasteiger partial charge in [-0.2, -0.15) is 5.10 Å². The first kappa shape index (κ1) is 13.1. The van der Waals surface area contributed by atoms with Crippen LogP contribution in [0.1, 0.15) is 12.1 Å². The summed E-state index contributed by atoms with van der Waals surface area (Å²) in [6, 6.07) is 5.74. The Hall–Kier alpha value is -2.37. The van der Waals surface area contributed by atoms with Crippen LogP contribution in [-0.4, -0.2) is 15.7 Å². The maximum absolute atomic E-state index is 12.9. The van der Waals surface area contributed by atoms with Gasteiger partial charge in [0, 0.05) is 24.9 Å². The van der Waals surface area contributed by atoms with Crippen molar-refractivity contribution in [3.05, 3.63) is 42.0 Å². The molecule has 0 saturated carbocycles. The van der Waals surface area contributed by atoms with Crippen LogP contribution in [0.3, 0.4) is 0 Å². The van der Waals surface area contributed by atoms with Crippen molar-refractivity contribution in [2.24, 2.45) is 0 Å². The molecule has 0 radical (unpaired) electrons. The molecule has 1 amide bonds. The average molecular weight is 262 g/mol. The first-order valence-electron chi connectivity index (χ1n) is 5.89. The highest BCUT2D eigenvalue weighted by Gasteiger charge is 2.07. The number of amides is 1. The number of aromatic nitrogens is 2.